The molecule has 5 heteroatoms. The fraction of sp³-hybridized carbons (Fsp3) is 0.500. The maximum Gasteiger partial charge on any atom is 0.354 e. The molecule has 1 aliphatic rings. The number of amides is 1. The van der Waals surface area contributed by atoms with Crippen molar-refractivity contribution in [1.82, 2.24) is 9.88 Å². The second-order valence-electron chi connectivity index (χ2n) is 4.93. The summed E-state index contributed by atoms with van der Waals surface area (Å²) in [6.45, 7) is 2.78. The molecule has 2 heterocycles. The van der Waals surface area contributed by atoms with Gasteiger partial charge in [-0.3, -0.25) is 4.79 Å². The van der Waals surface area contributed by atoms with Crippen LogP contribution in [0.4, 0.5) is 0 Å². The fourth-order valence-electron chi connectivity index (χ4n) is 2.42. The number of carboxylic acid groups (broad SMARTS) is 1. The summed E-state index contributed by atoms with van der Waals surface area (Å²) in [7, 11) is 0. The minimum Gasteiger partial charge on any atom is -0.477 e. The van der Waals surface area contributed by atoms with E-state index in [9.17, 15) is 9.59 Å². The second-order valence-corrected chi connectivity index (χ2v) is 4.93. The molecule has 5 nitrogen and oxygen atoms in total. The Morgan fingerprint density at radius 1 is 1.37 bits per heavy atom. The van der Waals surface area contributed by atoms with Crippen LogP contribution in [0.15, 0.2) is 18.3 Å². The highest BCUT2D eigenvalue weighted by molar-refractivity contribution is 5.96. The molecule has 1 aliphatic heterocycles. The Kier molecular flexibility index (Phi) is 4.14. The highest BCUT2D eigenvalue weighted by Gasteiger charge is 2.23. The molecule has 0 saturated carbocycles. The average Bonchev–Trinajstić information content (AvgIpc) is 2.63. The fourth-order valence-corrected chi connectivity index (χ4v) is 2.42. The number of carbonyl (C=O) groups is 2. The molecule has 102 valence electrons. The molecular weight excluding hydrogens is 244 g/mol. The van der Waals surface area contributed by atoms with E-state index in [1.165, 1.54) is 12.3 Å². The molecule has 0 aliphatic carbocycles. The standard InChI is InChI=1S/C14H18N2O3/c1-10-5-3-2-4-8-16(10)13(17)11-6-7-15-12(9-11)14(18)19/h6-7,9-10H,2-5,8H2,1H3,(H,18,19). The molecule has 1 atom stereocenters. The van der Waals surface area contributed by atoms with Crippen molar-refractivity contribution >= 4 is 11.9 Å². The first-order valence-corrected chi connectivity index (χ1v) is 6.60. The van der Waals surface area contributed by atoms with Gasteiger partial charge in [0.15, 0.2) is 0 Å². The summed E-state index contributed by atoms with van der Waals surface area (Å²) >= 11 is 0. The summed E-state index contributed by atoms with van der Waals surface area (Å²) in [6.07, 6.45) is 5.67. The van der Waals surface area contributed by atoms with Crippen molar-refractivity contribution in [3.05, 3.63) is 29.6 Å². The van der Waals surface area contributed by atoms with E-state index >= 15 is 0 Å². The maximum absolute atomic E-state index is 12.4. The minimum atomic E-state index is -1.11. The lowest BCUT2D eigenvalue weighted by molar-refractivity contribution is 0.0690. The van der Waals surface area contributed by atoms with E-state index in [1.807, 2.05) is 11.8 Å². The van der Waals surface area contributed by atoms with Crippen LogP contribution in [0, 0.1) is 0 Å². The molecule has 1 amide bonds. The van der Waals surface area contributed by atoms with Crippen molar-refractivity contribution in [3.63, 3.8) is 0 Å². The number of hydrogen-bond donors (Lipinski definition) is 1. The Hall–Kier alpha value is -1.91. The predicted octanol–water partition coefficient (Wildman–Crippen LogP) is 2.18. The Morgan fingerprint density at radius 2 is 2.16 bits per heavy atom. The van der Waals surface area contributed by atoms with Crippen LogP contribution < -0.4 is 0 Å². The van der Waals surface area contributed by atoms with Gasteiger partial charge in [0.25, 0.3) is 5.91 Å². The van der Waals surface area contributed by atoms with E-state index < -0.39 is 5.97 Å². The van der Waals surface area contributed by atoms with Gasteiger partial charge in [0.05, 0.1) is 0 Å². The molecule has 1 N–H and O–H groups in total. The van der Waals surface area contributed by atoms with Crippen molar-refractivity contribution in [2.24, 2.45) is 0 Å². The Bertz CT molecular complexity index is 487. The normalized spacial score (nSPS) is 19.8. The van der Waals surface area contributed by atoms with Gasteiger partial charge in [0.1, 0.15) is 5.69 Å². The summed E-state index contributed by atoms with van der Waals surface area (Å²) in [5.74, 6) is -1.21. The van der Waals surface area contributed by atoms with Gasteiger partial charge < -0.3 is 10.0 Å². The molecule has 0 bridgehead atoms. The van der Waals surface area contributed by atoms with E-state index in [0.29, 0.717) is 5.56 Å². The number of carbonyl (C=O) groups excluding carboxylic acids is 1. The van der Waals surface area contributed by atoms with Crippen LogP contribution in [-0.2, 0) is 0 Å². The molecule has 1 fully saturated rings. The third kappa shape index (κ3) is 3.10. The Labute approximate surface area is 112 Å². The van der Waals surface area contributed by atoms with Crippen molar-refractivity contribution in [2.75, 3.05) is 6.54 Å². The maximum atomic E-state index is 12.4. The number of pyridine rings is 1. The lowest BCUT2D eigenvalue weighted by Crippen LogP contribution is -2.38. The number of aromatic carboxylic acids is 1. The van der Waals surface area contributed by atoms with E-state index in [2.05, 4.69) is 4.98 Å². The third-order valence-electron chi connectivity index (χ3n) is 3.54. The molecule has 19 heavy (non-hydrogen) atoms. The zero-order valence-corrected chi connectivity index (χ0v) is 11.0. The zero-order chi connectivity index (χ0) is 13.8. The monoisotopic (exact) mass is 262 g/mol. The van der Waals surface area contributed by atoms with Gasteiger partial charge in [-0.2, -0.15) is 0 Å². The van der Waals surface area contributed by atoms with Gasteiger partial charge in [-0.15, -0.1) is 0 Å². The molecular formula is C14H18N2O3. The number of hydrogen-bond acceptors (Lipinski definition) is 3. The average molecular weight is 262 g/mol. The molecule has 0 aromatic carbocycles. The van der Waals surface area contributed by atoms with Crippen LogP contribution in [-0.4, -0.2) is 39.5 Å². The van der Waals surface area contributed by atoms with Gasteiger partial charge in [-0.1, -0.05) is 12.8 Å². The first-order chi connectivity index (χ1) is 9.09. The van der Waals surface area contributed by atoms with Gasteiger partial charge in [0.2, 0.25) is 0 Å². The molecule has 2 rings (SSSR count). The topological polar surface area (TPSA) is 70.5 Å². The molecule has 1 saturated heterocycles. The summed E-state index contributed by atoms with van der Waals surface area (Å²) in [5.41, 5.74) is 0.314. The molecule has 1 aromatic rings. The van der Waals surface area contributed by atoms with E-state index in [1.54, 1.807) is 6.07 Å². The number of likely N-dealkylation sites (tertiary alicyclic amines) is 1. The van der Waals surface area contributed by atoms with Crippen molar-refractivity contribution < 1.29 is 14.7 Å². The zero-order valence-electron chi connectivity index (χ0n) is 11.0. The lowest BCUT2D eigenvalue weighted by Gasteiger charge is -2.27. The van der Waals surface area contributed by atoms with Crippen molar-refractivity contribution in [2.45, 2.75) is 38.6 Å². The summed E-state index contributed by atoms with van der Waals surface area (Å²) in [5, 5.41) is 8.91. The number of rotatable bonds is 2. The number of carboxylic acids is 1. The van der Waals surface area contributed by atoms with Gasteiger partial charge in [0, 0.05) is 24.3 Å². The lowest BCUT2D eigenvalue weighted by atomic mass is 10.1. The highest BCUT2D eigenvalue weighted by atomic mass is 16.4. The quantitative estimate of drug-likeness (QED) is 0.886. The minimum absolute atomic E-state index is 0.0895. The van der Waals surface area contributed by atoms with Crippen LogP contribution in [0.2, 0.25) is 0 Å². The van der Waals surface area contributed by atoms with E-state index in [-0.39, 0.29) is 17.6 Å². The summed E-state index contributed by atoms with van der Waals surface area (Å²) < 4.78 is 0. The van der Waals surface area contributed by atoms with Crippen LogP contribution >= 0.6 is 0 Å². The highest BCUT2D eigenvalue weighted by Crippen LogP contribution is 2.19. The van der Waals surface area contributed by atoms with Crippen LogP contribution in [0.3, 0.4) is 0 Å². The number of nitrogens with zero attached hydrogens (tertiary/aromatic N) is 2. The third-order valence-corrected chi connectivity index (χ3v) is 3.54. The SMILES string of the molecule is CC1CCCCCN1C(=O)c1ccnc(C(=O)O)c1. The molecule has 0 spiro atoms. The Morgan fingerprint density at radius 3 is 2.89 bits per heavy atom. The van der Waals surface area contributed by atoms with E-state index in [4.69, 9.17) is 5.11 Å². The largest absolute Gasteiger partial charge is 0.477 e. The predicted molar refractivity (Wildman–Crippen MR) is 70.2 cm³/mol. The van der Waals surface area contributed by atoms with Gasteiger partial charge >= 0.3 is 5.97 Å². The summed E-state index contributed by atoms with van der Waals surface area (Å²) in [6, 6.07) is 3.13. The first-order valence-electron chi connectivity index (χ1n) is 6.60. The van der Waals surface area contributed by atoms with Gasteiger partial charge in [-0.05, 0) is 31.9 Å². The van der Waals surface area contributed by atoms with Gasteiger partial charge in [-0.25, -0.2) is 9.78 Å². The van der Waals surface area contributed by atoms with Crippen LogP contribution in [0.5, 0.6) is 0 Å². The number of aromatic nitrogens is 1. The first kappa shape index (κ1) is 13.5. The second kappa shape index (κ2) is 5.82. The summed E-state index contributed by atoms with van der Waals surface area (Å²) in [4.78, 5) is 28.9. The van der Waals surface area contributed by atoms with Crippen molar-refractivity contribution in [1.29, 1.82) is 0 Å². The van der Waals surface area contributed by atoms with Crippen molar-refractivity contribution in [3.8, 4) is 0 Å². The molecule has 0 radical (unpaired) electrons. The smallest absolute Gasteiger partial charge is 0.354 e. The molecule has 1 aromatic heterocycles. The van der Waals surface area contributed by atoms with Crippen LogP contribution in [0.1, 0.15) is 53.5 Å². The Balaban J connectivity index is 2.22. The van der Waals surface area contributed by atoms with Crippen LogP contribution in [0.25, 0.3) is 0 Å². The van der Waals surface area contributed by atoms with E-state index in [0.717, 1.165) is 32.2 Å². The molecule has 1 unspecified atom stereocenters.